The highest BCUT2D eigenvalue weighted by molar-refractivity contribution is 5.75. The first-order valence-electron chi connectivity index (χ1n) is 4.71. The Kier molecular flexibility index (Phi) is 2.57. The summed E-state index contributed by atoms with van der Waals surface area (Å²) in [6.07, 6.45) is 0. The van der Waals surface area contributed by atoms with Gasteiger partial charge in [-0.25, -0.2) is 4.79 Å². The fraction of sp³-hybridized carbons (Fsp3) is 0.300. The Hall–Kier alpha value is -1.59. The quantitative estimate of drug-likeness (QED) is 0.659. The van der Waals surface area contributed by atoms with Crippen LogP contribution in [0.1, 0.15) is 18.5 Å². The topological polar surface area (TPSA) is 69.9 Å². The molecule has 0 aliphatic heterocycles. The van der Waals surface area contributed by atoms with Gasteiger partial charge in [-0.1, -0.05) is 6.07 Å². The van der Waals surface area contributed by atoms with Crippen LogP contribution in [0, 0.1) is 0 Å². The standard InChI is InChI=1S/C10H13N3O2/c1-6(13-15-2)7-3-4-8-9(5-7)12-10(14)11-8/h3-6,13H,1-2H3,(H2,11,12,14). The van der Waals surface area contributed by atoms with Gasteiger partial charge in [-0.2, -0.15) is 5.48 Å². The Bertz CT molecular complexity index is 515. The molecule has 1 aromatic heterocycles. The zero-order valence-corrected chi connectivity index (χ0v) is 8.63. The number of H-pyrrole nitrogens is 2. The van der Waals surface area contributed by atoms with Crippen molar-refractivity contribution in [1.82, 2.24) is 15.4 Å². The van der Waals surface area contributed by atoms with Crippen LogP contribution in [0.2, 0.25) is 0 Å². The Morgan fingerprint density at radius 2 is 2.07 bits per heavy atom. The molecular weight excluding hydrogens is 194 g/mol. The zero-order chi connectivity index (χ0) is 10.8. The van der Waals surface area contributed by atoms with Gasteiger partial charge in [-0.3, -0.25) is 0 Å². The summed E-state index contributed by atoms with van der Waals surface area (Å²) in [7, 11) is 1.58. The molecular formula is C10H13N3O2. The van der Waals surface area contributed by atoms with Crippen molar-refractivity contribution < 1.29 is 4.84 Å². The van der Waals surface area contributed by atoms with Gasteiger partial charge < -0.3 is 14.8 Å². The summed E-state index contributed by atoms with van der Waals surface area (Å²) in [5.74, 6) is 0. The lowest BCUT2D eigenvalue weighted by Crippen LogP contribution is -2.16. The van der Waals surface area contributed by atoms with Gasteiger partial charge in [0, 0.05) is 0 Å². The molecule has 15 heavy (non-hydrogen) atoms. The second kappa shape index (κ2) is 3.88. The van der Waals surface area contributed by atoms with Crippen molar-refractivity contribution in [1.29, 1.82) is 0 Å². The number of rotatable bonds is 3. The van der Waals surface area contributed by atoms with Crippen LogP contribution in [0.3, 0.4) is 0 Å². The Morgan fingerprint density at radius 3 is 2.80 bits per heavy atom. The summed E-state index contributed by atoms with van der Waals surface area (Å²) in [5.41, 5.74) is 5.32. The molecule has 0 radical (unpaired) electrons. The van der Waals surface area contributed by atoms with E-state index in [2.05, 4.69) is 15.4 Å². The van der Waals surface area contributed by atoms with Crippen LogP contribution in [0.4, 0.5) is 0 Å². The van der Waals surface area contributed by atoms with E-state index in [-0.39, 0.29) is 11.7 Å². The molecule has 0 saturated heterocycles. The highest BCUT2D eigenvalue weighted by atomic mass is 16.6. The number of nitrogens with one attached hydrogen (secondary N) is 3. The summed E-state index contributed by atoms with van der Waals surface area (Å²) in [6.45, 7) is 1.98. The Morgan fingerprint density at radius 1 is 1.33 bits per heavy atom. The van der Waals surface area contributed by atoms with E-state index in [1.807, 2.05) is 25.1 Å². The van der Waals surface area contributed by atoms with Crippen LogP contribution in [-0.4, -0.2) is 17.1 Å². The van der Waals surface area contributed by atoms with Gasteiger partial charge in [0.2, 0.25) is 0 Å². The van der Waals surface area contributed by atoms with Crippen molar-refractivity contribution in [2.24, 2.45) is 0 Å². The molecule has 0 aliphatic carbocycles. The van der Waals surface area contributed by atoms with Crippen molar-refractivity contribution in [2.45, 2.75) is 13.0 Å². The number of benzene rings is 1. The predicted molar refractivity (Wildman–Crippen MR) is 57.5 cm³/mol. The summed E-state index contributed by atoms with van der Waals surface area (Å²) >= 11 is 0. The SMILES string of the molecule is CONC(C)c1ccc2[nH]c(=O)[nH]c2c1. The fourth-order valence-electron chi connectivity index (χ4n) is 1.56. The third-order valence-electron chi connectivity index (χ3n) is 2.33. The third kappa shape index (κ3) is 1.93. The predicted octanol–water partition coefficient (Wildman–Crippen LogP) is 1.07. The lowest BCUT2D eigenvalue weighted by Gasteiger charge is -2.11. The van der Waals surface area contributed by atoms with E-state index in [1.165, 1.54) is 0 Å². The smallest absolute Gasteiger partial charge is 0.306 e. The van der Waals surface area contributed by atoms with Crippen LogP contribution in [0.25, 0.3) is 11.0 Å². The van der Waals surface area contributed by atoms with Crippen molar-refractivity contribution in [3.8, 4) is 0 Å². The van der Waals surface area contributed by atoms with E-state index in [0.717, 1.165) is 16.6 Å². The first-order valence-corrected chi connectivity index (χ1v) is 4.71. The lowest BCUT2D eigenvalue weighted by atomic mass is 10.1. The Balaban J connectivity index is 2.41. The third-order valence-corrected chi connectivity index (χ3v) is 2.33. The highest BCUT2D eigenvalue weighted by Gasteiger charge is 2.06. The minimum atomic E-state index is -0.186. The van der Waals surface area contributed by atoms with E-state index in [0.29, 0.717) is 0 Å². The number of fused-ring (bicyclic) bond motifs is 1. The minimum absolute atomic E-state index is 0.0813. The molecule has 0 fully saturated rings. The molecule has 5 nitrogen and oxygen atoms in total. The second-order valence-electron chi connectivity index (χ2n) is 3.43. The molecule has 80 valence electrons. The molecule has 2 rings (SSSR count). The van der Waals surface area contributed by atoms with Crippen LogP contribution in [-0.2, 0) is 4.84 Å². The average molecular weight is 207 g/mol. The van der Waals surface area contributed by atoms with E-state index < -0.39 is 0 Å². The minimum Gasteiger partial charge on any atom is -0.306 e. The van der Waals surface area contributed by atoms with Crippen LogP contribution >= 0.6 is 0 Å². The zero-order valence-electron chi connectivity index (χ0n) is 8.63. The fourth-order valence-corrected chi connectivity index (χ4v) is 1.56. The van der Waals surface area contributed by atoms with Crippen molar-refractivity contribution in [2.75, 3.05) is 7.11 Å². The molecule has 0 saturated carbocycles. The van der Waals surface area contributed by atoms with Crippen LogP contribution in [0.5, 0.6) is 0 Å². The Labute approximate surface area is 86.4 Å². The molecule has 1 heterocycles. The molecule has 1 aromatic carbocycles. The normalized spacial score (nSPS) is 13.2. The van der Waals surface area contributed by atoms with E-state index >= 15 is 0 Å². The summed E-state index contributed by atoms with van der Waals surface area (Å²) < 4.78 is 0. The molecule has 1 atom stereocenters. The van der Waals surface area contributed by atoms with Gasteiger partial charge in [-0.15, -0.1) is 0 Å². The largest absolute Gasteiger partial charge is 0.323 e. The van der Waals surface area contributed by atoms with Crippen molar-refractivity contribution in [3.05, 3.63) is 34.2 Å². The number of imidazole rings is 1. The lowest BCUT2D eigenvalue weighted by molar-refractivity contribution is 0.0659. The van der Waals surface area contributed by atoms with E-state index in [4.69, 9.17) is 4.84 Å². The monoisotopic (exact) mass is 207 g/mol. The van der Waals surface area contributed by atoms with Crippen LogP contribution < -0.4 is 11.2 Å². The first-order chi connectivity index (χ1) is 7.20. The molecule has 1 unspecified atom stereocenters. The number of hydrogen-bond donors (Lipinski definition) is 3. The van der Waals surface area contributed by atoms with Crippen LogP contribution in [0.15, 0.2) is 23.0 Å². The number of hydrogen-bond acceptors (Lipinski definition) is 3. The summed E-state index contributed by atoms with van der Waals surface area (Å²) in [4.78, 5) is 21.3. The highest BCUT2D eigenvalue weighted by Crippen LogP contribution is 2.16. The number of hydroxylamine groups is 1. The maximum Gasteiger partial charge on any atom is 0.323 e. The molecule has 0 aliphatic rings. The van der Waals surface area contributed by atoms with Gasteiger partial charge in [0.05, 0.1) is 24.2 Å². The maximum atomic E-state index is 11.0. The number of aromatic amines is 2. The van der Waals surface area contributed by atoms with E-state index in [1.54, 1.807) is 7.11 Å². The maximum absolute atomic E-state index is 11.0. The van der Waals surface area contributed by atoms with Gasteiger partial charge in [0.25, 0.3) is 0 Å². The summed E-state index contributed by atoms with van der Waals surface area (Å²) in [6, 6.07) is 5.82. The van der Waals surface area contributed by atoms with E-state index in [9.17, 15) is 4.79 Å². The van der Waals surface area contributed by atoms with Gasteiger partial charge in [0.15, 0.2) is 0 Å². The van der Waals surface area contributed by atoms with Crippen molar-refractivity contribution in [3.63, 3.8) is 0 Å². The van der Waals surface area contributed by atoms with Gasteiger partial charge in [-0.05, 0) is 24.6 Å². The molecule has 0 amide bonds. The van der Waals surface area contributed by atoms with Gasteiger partial charge >= 0.3 is 5.69 Å². The average Bonchev–Trinajstić information content (AvgIpc) is 2.57. The first kappa shape index (κ1) is 9.95. The molecule has 2 aromatic rings. The van der Waals surface area contributed by atoms with Crippen molar-refractivity contribution >= 4 is 11.0 Å². The van der Waals surface area contributed by atoms with Gasteiger partial charge in [0.1, 0.15) is 0 Å². The molecule has 0 spiro atoms. The second-order valence-corrected chi connectivity index (χ2v) is 3.43. The summed E-state index contributed by atoms with van der Waals surface area (Å²) in [5, 5.41) is 0. The number of aromatic nitrogens is 2. The molecule has 3 N–H and O–H groups in total. The molecule has 0 bridgehead atoms. The molecule has 5 heteroatoms.